The fourth-order valence-corrected chi connectivity index (χ4v) is 1.95. The zero-order valence-corrected chi connectivity index (χ0v) is 12.5. The summed E-state index contributed by atoms with van der Waals surface area (Å²) in [5, 5.41) is 16.2. The lowest BCUT2D eigenvalue weighted by molar-refractivity contribution is 0.202. The van der Waals surface area contributed by atoms with Gasteiger partial charge in [-0.25, -0.2) is 9.97 Å². The second-order valence-corrected chi connectivity index (χ2v) is 4.71. The fraction of sp³-hybridized carbons (Fsp3) is 0.714. The molecule has 1 aromatic heterocycles. The van der Waals surface area contributed by atoms with Gasteiger partial charge in [-0.3, -0.25) is 0 Å². The van der Waals surface area contributed by atoms with E-state index in [0.717, 1.165) is 43.3 Å². The summed E-state index contributed by atoms with van der Waals surface area (Å²) < 4.78 is 0. The summed E-state index contributed by atoms with van der Waals surface area (Å²) >= 11 is 0. The van der Waals surface area contributed by atoms with Crippen molar-refractivity contribution >= 4 is 11.6 Å². The molecule has 0 unspecified atom stereocenters. The van der Waals surface area contributed by atoms with Gasteiger partial charge in [-0.05, 0) is 19.8 Å². The molecule has 0 atom stereocenters. The molecular formula is C14H26N4O. The number of hydrogen-bond donors (Lipinski definition) is 3. The van der Waals surface area contributed by atoms with Crippen molar-refractivity contribution in [2.45, 2.75) is 52.5 Å². The predicted molar refractivity (Wildman–Crippen MR) is 79.6 cm³/mol. The molecule has 0 saturated heterocycles. The predicted octanol–water partition coefficient (Wildman–Crippen LogP) is 2.43. The lowest BCUT2D eigenvalue weighted by Gasteiger charge is -2.31. The van der Waals surface area contributed by atoms with E-state index in [-0.39, 0.29) is 12.1 Å². The zero-order valence-electron chi connectivity index (χ0n) is 12.5. The average molecular weight is 266 g/mol. The van der Waals surface area contributed by atoms with E-state index in [4.69, 9.17) is 0 Å². The number of aryl methyl sites for hydroxylation is 1. The van der Waals surface area contributed by atoms with E-state index in [2.05, 4.69) is 34.4 Å². The normalized spacial score (nSPS) is 11.4. The van der Waals surface area contributed by atoms with E-state index in [9.17, 15) is 5.11 Å². The molecule has 0 fully saturated rings. The fourth-order valence-electron chi connectivity index (χ4n) is 1.95. The molecule has 0 amide bonds. The van der Waals surface area contributed by atoms with Gasteiger partial charge in [0.15, 0.2) is 0 Å². The Morgan fingerprint density at radius 3 is 2.21 bits per heavy atom. The molecule has 19 heavy (non-hydrogen) atoms. The quantitative estimate of drug-likeness (QED) is 0.674. The average Bonchev–Trinajstić information content (AvgIpc) is 2.45. The first-order valence-corrected chi connectivity index (χ1v) is 7.13. The van der Waals surface area contributed by atoms with Crippen LogP contribution in [0.1, 0.15) is 46.4 Å². The number of aliphatic hydroxyl groups excluding tert-OH is 1. The number of nitrogens with zero attached hydrogens (tertiary/aromatic N) is 2. The molecule has 0 aliphatic carbocycles. The molecule has 3 N–H and O–H groups in total. The summed E-state index contributed by atoms with van der Waals surface area (Å²) in [7, 11) is 0. The second kappa shape index (κ2) is 7.28. The van der Waals surface area contributed by atoms with Gasteiger partial charge in [-0.15, -0.1) is 0 Å². The van der Waals surface area contributed by atoms with E-state index in [1.165, 1.54) is 0 Å². The van der Waals surface area contributed by atoms with E-state index in [0.29, 0.717) is 0 Å². The van der Waals surface area contributed by atoms with Crippen LogP contribution in [0.25, 0.3) is 0 Å². The Morgan fingerprint density at radius 1 is 1.11 bits per heavy atom. The summed E-state index contributed by atoms with van der Waals surface area (Å²) in [6, 6.07) is 1.90. The number of hydrogen-bond acceptors (Lipinski definition) is 5. The van der Waals surface area contributed by atoms with Gasteiger partial charge in [0.1, 0.15) is 17.5 Å². The zero-order chi connectivity index (χ0) is 14.3. The van der Waals surface area contributed by atoms with Gasteiger partial charge in [0.2, 0.25) is 0 Å². The Hall–Kier alpha value is -1.36. The standard InChI is InChI=1S/C14H26N4O/c1-5-11-16-12(15-8-4)9-13(17-11)18-14(6-2,7-3)10-19/h9,19H,5-8,10H2,1-4H3,(H2,15,16,17,18). The first-order chi connectivity index (χ1) is 9.12. The van der Waals surface area contributed by atoms with Crippen molar-refractivity contribution in [3.63, 3.8) is 0 Å². The third-order valence-electron chi connectivity index (χ3n) is 3.50. The van der Waals surface area contributed by atoms with E-state index >= 15 is 0 Å². The van der Waals surface area contributed by atoms with Crippen LogP contribution in [0, 0.1) is 0 Å². The Balaban J connectivity index is 3.01. The van der Waals surface area contributed by atoms with Gasteiger partial charge < -0.3 is 15.7 Å². The molecule has 0 aliphatic heterocycles. The van der Waals surface area contributed by atoms with Crippen LogP contribution < -0.4 is 10.6 Å². The summed E-state index contributed by atoms with van der Waals surface area (Å²) in [5.41, 5.74) is -0.303. The van der Waals surface area contributed by atoms with Crippen molar-refractivity contribution in [2.75, 3.05) is 23.8 Å². The van der Waals surface area contributed by atoms with Crippen molar-refractivity contribution in [3.8, 4) is 0 Å². The van der Waals surface area contributed by atoms with Crippen molar-refractivity contribution in [1.29, 1.82) is 0 Å². The molecule has 0 spiro atoms. The van der Waals surface area contributed by atoms with E-state index in [1.54, 1.807) is 0 Å². The molecule has 0 aromatic carbocycles. The molecule has 0 saturated carbocycles. The molecule has 0 aliphatic rings. The van der Waals surface area contributed by atoms with Crippen LogP contribution in [0.5, 0.6) is 0 Å². The van der Waals surface area contributed by atoms with Gasteiger partial charge >= 0.3 is 0 Å². The topological polar surface area (TPSA) is 70.1 Å². The SMILES string of the molecule is CCNc1cc(NC(CC)(CC)CO)nc(CC)n1. The van der Waals surface area contributed by atoms with Crippen molar-refractivity contribution in [1.82, 2.24) is 9.97 Å². The van der Waals surface area contributed by atoms with Gasteiger partial charge in [0.25, 0.3) is 0 Å². The highest BCUT2D eigenvalue weighted by Gasteiger charge is 2.25. The molecular weight excluding hydrogens is 240 g/mol. The van der Waals surface area contributed by atoms with Crippen LogP contribution in [-0.4, -0.2) is 33.8 Å². The maximum atomic E-state index is 9.62. The minimum Gasteiger partial charge on any atom is -0.394 e. The molecule has 1 aromatic rings. The largest absolute Gasteiger partial charge is 0.394 e. The summed E-state index contributed by atoms with van der Waals surface area (Å²) in [6.07, 6.45) is 2.49. The highest BCUT2D eigenvalue weighted by Crippen LogP contribution is 2.22. The van der Waals surface area contributed by atoms with Crippen LogP contribution in [0.15, 0.2) is 6.07 Å². The number of rotatable bonds is 8. The molecule has 108 valence electrons. The Bertz CT molecular complexity index is 383. The number of aliphatic hydroxyl groups is 1. The minimum absolute atomic E-state index is 0.0992. The number of aromatic nitrogens is 2. The van der Waals surface area contributed by atoms with Crippen LogP contribution in [0.2, 0.25) is 0 Å². The van der Waals surface area contributed by atoms with Crippen molar-refractivity contribution in [2.24, 2.45) is 0 Å². The first-order valence-electron chi connectivity index (χ1n) is 7.13. The molecule has 5 nitrogen and oxygen atoms in total. The van der Waals surface area contributed by atoms with Gasteiger partial charge in [0, 0.05) is 19.0 Å². The number of nitrogens with one attached hydrogen (secondary N) is 2. The first kappa shape index (κ1) is 15.7. The summed E-state index contributed by atoms with van der Waals surface area (Å²) in [6.45, 7) is 9.14. The Labute approximate surface area is 115 Å². The van der Waals surface area contributed by atoms with Crippen molar-refractivity contribution in [3.05, 3.63) is 11.9 Å². The highest BCUT2D eigenvalue weighted by molar-refractivity contribution is 5.49. The van der Waals surface area contributed by atoms with E-state index in [1.807, 2.05) is 19.9 Å². The molecule has 0 radical (unpaired) electrons. The van der Waals surface area contributed by atoms with E-state index < -0.39 is 0 Å². The smallest absolute Gasteiger partial charge is 0.132 e. The lowest BCUT2D eigenvalue weighted by Crippen LogP contribution is -2.41. The van der Waals surface area contributed by atoms with Crippen LogP contribution >= 0.6 is 0 Å². The van der Waals surface area contributed by atoms with Crippen LogP contribution in [0.3, 0.4) is 0 Å². The Morgan fingerprint density at radius 2 is 1.74 bits per heavy atom. The third kappa shape index (κ3) is 4.06. The maximum absolute atomic E-state index is 9.62. The molecule has 5 heteroatoms. The lowest BCUT2D eigenvalue weighted by atomic mass is 9.94. The molecule has 1 rings (SSSR count). The van der Waals surface area contributed by atoms with Gasteiger partial charge in [-0.1, -0.05) is 20.8 Å². The number of anilines is 2. The monoisotopic (exact) mass is 266 g/mol. The maximum Gasteiger partial charge on any atom is 0.132 e. The minimum atomic E-state index is -0.303. The van der Waals surface area contributed by atoms with Gasteiger partial charge in [-0.2, -0.15) is 0 Å². The second-order valence-electron chi connectivity index (χ2n) is 4.71. The summed E-state index contributed by atoms with van der Waals surface area (Å²) in [4.78, 5) is 8.91. The summed E-state index contributed by atoms with van der Waals surface area (Å²) in [5.74, 6) is 2.41. The van der Waals surface area contributed by atoms with Crippen LogP contribution in [0.4, 0.5) is 11.6 Å². The van der Waals surface area contributed by atoms with Gasteiger partial charge in [0.05, 0.1) is 12.1 Å². The third-order valence-corrected chi connectivity index (χ3v) is 3.50. The highest BCUT2D eigenvalue weighted by atomic mass is 16.3. The van der Waals surface area contributed by atoms with Crippen molar-refractivity contribution < 1.29 is 5.11 Å². The Kier molecular flexibility index (Phi) is 6.02. The molecule has 1 heterocycles. The molecule has 0 bridgehead atoms. The van der Waals surface area contributed by atoms with Crippen LogP contribution in [-0.2, 0) is 6.42 Å².